The molecular formula is C16H25FN2O. The van der Waals surface area contributed by atoms with Gasteiger partial charge in [0, 0.05) is 30.9 Å². The molecule has 0 radical (unpaired) electrons. The maximum atomic E-state index is 14.1. The topological polar surface area (TPSA) is 35.5 Å². The Morgan fingerprint density at radius 1 is 1.45 bits per heavy atom. The molecule has 2 unspecified atom stereocenters. The van der Waals surface area contributed by atoms with E-state index in [-0.39, 0.29) is 11.9 Å². The molecule has 1 heterocycles. The molecule has 3 nitrogen and oxygen atoms in total. The van der Waals surface area contributed by atoms with Gasteiger partial charge in [0.25, 0.3) is 0 Å². The van der Waals surface area contributed by atoms with E-state index in [2.05, 4.69) is 24.1 Å². The molecule has 1 aliphatic rings. The Kier molecular flexibility index (Phi) is 5.38. The van der Waals surface area contributed by atoms with E-state index in [4.69, 9.17) is 0 Å². The molecule has 0 amide bonds. The van der Waals surface area contributed by atoms with Gasteiger partial charge in [-0.3, -0.25) is 0 Å². The van der Waals surface area contributed by atoms with Gasteiger partial charge in [-0.1, -0.05) is 19.9 Å². The lowest BCUT2D eigenvalue weighted by molar-refractivity contribution is 0.103. The van der Waals surface area contributed by atoms with Crippen molar-refractivity contribution < 1.29 is 9.50 Å². The highest BCUT2D eigenvalue weighted by molar-refractivity contribution is 5.54. The van der Waals surface area contributed by atoms with Gasteiger partial charge in [0.2, 0.25) is 0 Å². The van der Waals surface area contributed by atoms with Gasteiger partial charge in [0.1, 0.15) is 5.82 Å². The highest BCUT2D eigenvalue weighted by atomic mass is 19.1. The quantitative estimate of drug-likeness (QED) is 0.814. The first-order valence-electron chi connectivity index (χ1n) is 7.54. The van der Waals surface area contributed by atoms with Crippen molar-refractivity contribution in [1.29, 1.82) is 0 Å². The SMILES string of the molecule is CCCNCc1c(F)cccc1N1CCC(C)C(O)C1. The summed E-state index contributed by atoms with van der Waals surface area (Å²) in [6, 6.07) is 5.21. The van der Waals surface area contributed by atoms with Gasteiger partial charge in [-0.05, 0) is 37.4 Å². The monoisotopic (exact) mass is 280 g/mol. The van der Waals surface area contributed by atoms with Crippen molar-refractivity contribution in [3.63, 3.8) is 0 Å². The Balaban J connectivity index is 2.16. The molecule has 0 bridgehead atoms. The third-order valence-corrected chi connectivity index (χ3v) is 4.08. The summed E-state index contributed by atoms with van der Waals surface area (Å²) in [5, 5.41) is 13.3. The fraction of sp³-hybridized carbons (Fsp3) is 0.625. The Hall–Kier alpha value is -1.13. The van der Waals surface area contributed by atoms with Crippen molar-refractivity contribution in [2.75, 3.05) is 24.5 Å². The Labute approximate surface area is 120 Å². The van der Waals surface area contributed by atoms with Crippen LogP contribution in [0.25, 0.3) is 0 Å². The fourth-order valence-electron chi connectivity index (χ4n) is 2.68. The summed E-state index contributed by atoms with van der Waals surface area (Å²) in [5.74, 6) is 0.153. The normalized spacial score (nSPS) is 23.1. The van der Waals surface area contributed by atoms with E-state index >= 15 is 0 Å². The van der Waals surface area contributed by atoms with E-state index in [9.17, 15) is 9.50 Å². The van der Waals surface area contributed by atoms with Gasteiger partial charge in [-0.15, -0.1) is 0 Å². The standard InChI is InChI=1S/C16H25FN2O/c1-3-8-18-10-13-14(17)5-4-6-15(13)19-9-7-12(2)16(20)11-19/h4-6,12,16,18,20H,3,7-11H2,1-2H3. The first-order valence-corrected chi connectivity index (χ1v) is 7.54. The summed E-state index contributed by atoms with van der Waals surface area (Å²) in [7, 11) is 0. The average molecular weight is 280 g/mol. The molecule has 0 spiro atoms. The minimum Gasteiger partial charge on any atom is -0.391 e. The number of halogens is 1. The molecule has 1 saturated heterocycles. The van der Waals surface area contributed by atoms with Crippen LogP contribution in [0.5, 0.6) is 0 Å². The van der Waals surface area contributed by atoms with E-state index in [1.807, 2.05) is 6.07 Å². The van der Waals surface area contributed by atoms with E-state index in [1.54, 1.807) is 6.07 Å². The zero-order valence-corrected chi connectivity index (χ0v) is 12.4. The highest BCUT2D eigenvalue weighted by Gasteiger charge is 2.26. The smallest absolute Gasteiger partial charge is 0.129 e. The maximum Gasteiger partial charge on any atom is 0.129 e. The van der Waals surface area contributed by atoms with Crippen LogP contribution < -0.4 is 10.2 Å². The first-order chi connectivity index (χ1) is 9.63. The van der Waals surface area contributed by atoms with Crippen LogP contribution >= 0.6 is 0 Å². The van der Waals surface area contributed by atoms with Gasteiger partial charge in [-0.25, -0.2) is 4.39 Å². The van der Waals surface area contributed by atoms with E-state index in [0.29, 0.717) is 24.6 Å². The van der Waals surface area contributed by atoms with Crippen LogP contribution in [0, 0.1) is 11.7 Å². The van der Waals surface area contributed by atoms with E-state index < -0.39 is 0 Å². The number of nitrogens with zero attached hydrogens (tertiary/aromatic N) is 1. The number of piperidine rings is 1. The number of hydrogen-bond donors (Lipinski definition) is 2. The molecule has 2 N–H and O–H groups in total. The zero-order valence-electron chi connectivity index (χ0n) is 12.4. The van der Waals surface area contributed by atoms with Crippen LogP contribution in [-0.4, -0.2) is 30.8 Å². The predicted molar refractivity (Wildman–Crippen MR) is 80.4 cm³/mol. The molecule has 2 rings (SSSR count). The predicted octanol–water partition coefficient (Wildman–Crippen LogP) is 2.53. The van der Waals surface area contributed by atoms with Crippen molar-refractivity contribution in [1.82, 2.24) is 5.32 Å². The van der Waals surface area contributed by atoms with Crippen molar-refractivity contribution in [2.24, 2.45) is 5.92 Å². The Morgan fingerprint density at radius 2 is 2.25 bits per heavy atom. The minimum atomic E-state index is -0.330. The number of rotatable bonds is 5. The number of β-amino-alcohol motifs (C(OH)–C–C–N with tert-alkyl or cyclic N) is 1. The second-order valence-corrected chi connectivity index (χ2v) is 5.69. The van der Waals surface area contributed by atoms with E-state index in [0.717, 1.165) is 31.6 Å². The second-order valence-electron chi connectivity index (χ2n) is 5.69. The molecule has 1 aliphatic heterocycles. The van der Waals surface area contributed by atoms with Crippen LogP contribution in [0.4, 0.5) is 10.1 Å². The van der Waals surface area contributed by atoms with Gasteiger partial charge in [0.15, 0.2) is 0 Å². The molecule has 1 aromatic carbocycles. The Bertz CT molecular complexity index is 438. The number of benzene rings is 1. The number of aliphatic hydroxyl groups is 1. The molecule has 20 heavy (non-hydrogen) atoms. The van der Waals surface area contributed by atoms with E-state index in [1.165, 1.54) is 6.07 Å². The van der Waals surface area contributed by atoms with Crippen LogP contribution in [0.3, 0.4) is 0 Å². The molecule has 0 saturated carbocycles. The number of aliphatic hydroxyl groups excluding tert-OH is 1. The summed E-state index contributed by atoms with van der Waals surface area (Å²) in [4.78, 5) is 2.11. The molecular weight excluding hydrogens is 255 g/mol. The van der Waals surface area contributed by atoms with Gasteiger partial charge < -0.3 is 15.3 Å². The van der Waals surface area contributed by atoms with Gasteiger partial charge in [-0.2, -0.15) is 0 Å². The summed E-state index contributed by atoms with van der Waals surface area (Å²) >= 11 is 0. The van der Waals surface area contributed by atoms with Crippen LogP contribution in [0.1, 0.15) is 32.3 Å². The lowest BCUT2D eigenvalue weighted by Crippen LogP contribution is -2.43. The third kappa shape index (κ3) is 3.49. The van der Waals surface area contributed by atoms with Crippen LogP contribution in [0.15, 0.2) is 18.2 Å². The Morgan fingerprint density at radius 3 is 2.95 bits per heavy atom. The van der Waals surface area contributed by atoms with Crippen LogP contribution in [0.2, 0.25) is 0 Å². The first kappa shape index (κ1) is 15.3. The second kappa shape index (κ2) is 7.04. The molecule has 0 aromatic heterocycles. The van der Waals surface area contributed by atoms with Gasteiger partial charge >= 0.3 is 0 Å². The summed E-state index contributed by atoms with van der Waals surface area (Å²) in [5.41, 5.74) is 1.63. The minimum absolute atomic E-state index is 0.167. The van der Waals surface area contributed by atoms with Crippen molar-refractivity contribution in [3.05, 3.63) is 29.6 Å². The molecule has 1 aromatic rings. The largest absolute Gasteiger partial charge is 0.391 e. The molecule has 1 fully saturated rings. The molecule has 2 atom stereocenters. The molecule has 112 valence electrons. The summed E-state index contributed by atoms with van der Waals surface area (Å²) in [6.45, 7) is 7.05. The van der Waals surface area contributed by atoms with Crippen LogP contribution in [-0.2, 0) is 6.54 Å². The number of nitrogens with one attached hydrogen (secondary N) is 1. The maximum absolute atomic E-state index is 14.1. The number of hydrogen-bond acceptors (Lipinski definition) is 3. The number of anilines is 1. The highest BCUT2D eigenvalue weighted by Crippen LogP contribution is 2.28. The summed E-state index contributed by atoms with van der Waals surface area (Å²) < 4.78 is 14.1. The summed E-state index contributed by atoms with van der Waals surface area (Å²) in [6.07, 6.45) is 1.65. The fourth-order valence-corrected chi connectivity index (χ4v) is 2.68. The average Bonchev–Trinajstić information content (AvgIpc) is 2.44. The lowest BCUT2D eigenvalue weighted by atomic mass is 9.95. The lowest BCUT2D eigenvalue weighted by Gasteiger charge is -2.37. The van der Waals surface area contributed by atoms with Crippen molar-refractivity contribution in [3.8, 4) is 0 Å². The molecule has 4 heteroatoms. The zero-order chi connectivity index (χ0) is 14.5. The van der Waals surface area contributed by atoms with Gasteiger partial charge in [0.05, 0.1) is 6.10 Å². The third-order valence-electron chi connectivity index (χ3n) is 4.08. The van der Waals surface area contributed by atoms with Crippen molar-refractivity contribution >= 4 is 5.69 Å². The molecule has 0 aliphatic carbocycles. The van der Waals surface area contributed by atoms with Crippen molar-refractivity contribution in [2.45, 2.75) is 39.3 Å².